The molecule has 0 saturated heterocycles. The summed E-state index contributed by atoms with van der Waals surface area (Å²) in [5.74, 6) is 0.561. The highest BCUT2D eigenvalue weighted by Crippen LogP contribution is 2.27. The van der Waals surface area contributed by atoms with Crippen molar-refractivity contribution < 1.29 is 5.11 Å². The van der Waals surface area contributed by atoms with Crippen molar-refractivity contribution in [2.75, 3.05) is 13.6 Å². The van der Waals surface area contributed by atoms with Crippen molar-refractivity contribution in [3.63, 3.8) is 0 Å². The molecule has 1 atom stereocenters. The molecule has 0 amide bonds. The Kier molecular flexibility index (Phi) is 6.37. The minimum atomic E-state index is -0.106. The summed E-state index contributed by atoms with van der Waals surface area (Å²) >= 11 is 0. The van der Waals surface area contributed by atoms with Crippen molar-refractivity contribution >= 4 is 0 Å². The smallest absolute Gasteiger partial charge is 0.0695 e. The van der Waals surface area contributed by atoms with Crippen molar-refractivity contribution in [2.24, 2.45) is 5.92 Å². The largest absolute Gasteiger partial charge is 0.392 e. The third-order valence-corrected chi connectivity index (χ3v) is 4.23. The zero-order chi connectivity index (χ0) is 12.0. The number of hydrogen-bond acceptors (Lipinski definition) is 2. The predicted molar refractivity (Wildman–Crippen MR) is 69.6 cm³/mol. The molecule has 96 valence electrons. The van der Waals surface area contributed by atoms with E-state index in [0.717, 1.165) is 6.54 Å². The normalized spacial score (nSPS) is 20.6. The van der Waals surface area contributed by atoms with Gasteiger partial charge in [-0.3, -0.25) is 0 Å². The van der Waals surface area contributed by atoms with Crippen molar-refractivity contribution in [1.82, 2.24) is 4.90 Å². The summed E-state index contributed by atoms with van der Waals surface area (Å²) in [4.78, 5) is 2.35. The van der Waals surface area contributed by atoms with Crippen LogP contribution in [0.3, 0.4) is 0 Å². The molecule has 1 unspecified atom stereocenters. The zero-order valence-electron chi connectivity index (χ0n) is 11.3. The fourth-order valence-corrected chi connectivity index (χ4v) is 3.02. The van der Waals surface area contributed by atoms with Crippen molar-refractivity contribution in [2.45, 2.75) is 70.9 Å². The minimum absolute atomic E-state index is 0.106. The highest BCUT2D eigenvalue weighted by Gasteiger charge is 2.24. The summed E-state index contributed by atoms with van der Waals surface area (Å²) < 4.78 is 0. The lowest BCUT2D eigenvalue weighted by atomic mass is 9.85. The van der Waals surface area contributed by atoms with Gasteiger partial charge < -0.3 is 10.0 Å². The first kappa shape index (κ1) is 14.0. The van der Waals surface area contributed by atoms with E-state index in [-0.39, 0.29) is 6.10 Å². The molecule has 1 aliphatic rings. The Morgan fingerprint density at radius 1 is 1.12 bits per heavy atom. The third-order valence-electron chi connectivity index (χ3n) is 4.23. The van der Waals surface area contributed by atoms with Crippen molar-refractivity contribution in [1.29, 1.82) is 0 Å². The number of hydrogen-bond donors (Lipinski definition) is 1. The molecule has 2 heteroatoms. The van der Waals surface area contributed by atoms with Gasteiger partial charge in [-0.15, -0.1) is 0 Å². The monoisotopic (exact) mass is 227 g/mol. The summed E-state index contributed by atoms with van der Waals surface area (Å²) in [6.07, 6.45) is 8.73. The second kappa shape index (κ2) is 7.29. The molecule has 0 bridgehead atoms. The molecule has 2 nitrogen and oxygen atoms in total. The first-order valence-corrected chi connectivity index (χ1v) is 7.07. The number of likely N-dealkylation sites (N-methyl/N-ethyl adjacent to an activating group) is 1. The number of rotatable bonds is 6. The van der Waals surface area contributed by atoms with Crippen LogP contribution in [0.2, 0.25) is 0 Å². The van der Waals surface area contributed by atoms with E-state index in [1.54, 1.807) is 0 Å². The van der Waals surface area contributed by atoms with Crippen molar-refractivity contribution in [3.05, 3.63) is 0 Å². The second-order valence-corrected chi connectivity index (χ2v) is 5.38. The molecule has 1 N–H and O–H groups in total. The van der Waals surface area contributed by atoms with Crippen LogP contribution in [0.25, 0.3) is 0 Å². The Morgan fingerprint density at radius 2 is 1.69 bits per heavy atom. The van der Waals surface area contributed by atoms with Crippen LogP contribution in [-0.4, -0.2) is 35.7 Å². The summed E-state index contributed by atoms with van der Waals surface area (Å²) in [6, 6.07) is 0.637. The van der Waals surface area contributed by atoms with Gasteiger partial charge in [0.1, 0.15) is 0 Å². The van der Waals surface area contributed by atoms with Gasteiger partial charge in [-0.2, -0.15) is 0 Å². The number of nitrogens with zero attached hydrogens (tertiary/aromatic N) is 1. The molecule has 1 rings (SSSR count). The Morgan fingerprint density at radius 3 is 2.19 bits per heavy atom. The molecule has 1 fully saturated rings. The Hall–Kier alpha value is -0.0800. The maximum Gasteiger partial charge on any atom is 0.0695 e. The van der Waals surface area contributed by atoms with Crippen LogP contribution in [0, 0.1) is 5.92 Å². The molecule has 0 heterocycles. The fraction of sp³-hybridized carbons (Fsp3) is 1.00. The van der Waals surface area contributed by atoms with E-state index in [0.29, 0.717) is 12.0 Å². The van der Waals surface area contributed by atoms with Gasteiger partial charge in [0.25, 0.3) is 0 Å². The lowest BCUT2D eigenvalue weighted by molar-refractivity contribution is 0.0418. The van der Waals surface area contributed by atoms with E-state index >= 15 is 0 Å². The standard InChI is InChI=1S/C14H29NO/c1-4-13(5-2)15(3)11-14(16)12-9-7-6-8-10-12/h12-14,16H,4-11H2,1-3H3. The molecule has 0 aromatic rings. The zero-order valence-corrected chi connectivity index (χ0v) is 11.3. The Balaban J connectivity index is 2.33. The molecule has 16 heavy (non-hydrogen) atoms. The van der Waals surface area contributed by atoms with Gasteiger partial charge in [0.2, 0.25) is 0 Å². The molecule has 0 aromatic carbocycles. The maximum absolute atomic E-state index is 10.2. The van der Waals surface area contributed by atoms with E-state index in [1.807, 2.05) is 0 Å². The SMILES string of the molecule is CCC(CC)N(C)CC(O)C1CCCCC1. The first-order chi connectivity index (χ1) is 7.69. The van der Waals surface area contributed by atoms with Crippen LogP contribution < -0.4 is 0 Å². The van der Waals surface area contributed by atoms with Gasteiger partial charge in [0, 0.05) is 12.6 Å². The van der Waals surface area contributed by atoms with Crippen LogP contribution in [0.5, 0.6) is 0 Å². The second-order valence-electron chi connectivity index (χ2n) is 5.38. The van der Waals surface area contributed by atoms with E-state index in [1.165, 1.54) is 44.9 Å². The molecule has 1 aliphatic carbocycles. The molecule has 1 saturated carbocycles. The van der Waals surface area contributed by atoms with Crippen LogP contribution in [-0.2, 0) is 0 Å². The van der Waals surface area contributed by atoms with Gasteiger partial charge in [-0.25, -0.2) is 0 Å². The average Bonchev–Trinajstić information content (AvgIpc) is 2.31. The van der Waals surface area contributed by atoms with Gasteiger partial charge >= 0.3 is 0 Å². The molecule has 0 aliphatic heterocycles. The molecular weight excluding hydrogens is 198 g/mol. The first-order valence-electron chi connectivity index (χ1n) is 7.07. The van der Waals surface area contributed by atoms with E-state index in [2.05, 4.69) is 25.8 Å². The maximum atomic E-state index is 10.2. The van der Waals surface area contributed by atoms with Gasteiger partial charge in [-0.05, 0) is 38.6 Å². The van der Waals surface area contributed by atoms with Gasteiger partial charge in [0.15, 0.2) is 0 Å². The molecule has 0 spiro atoms. The lowest BCUT2D eigenvalue weighted by Gasteiger charge is -2.33. The number of aliphatic hydroxyl groups is 1. The van der Waals surface area contributed by atoms with E-state index < -0.39 is 0 Å². The summed E-state index contributed by atoms with van der Waals surface area (Å²) in [6.45, 7) is 5.33. The van der Waals surface area contributed by atoms with Crippen LogP contribution in [0.4, 0.5) is 0 Å². The fourth-order valence-electron chi connectivity index (χ4n) is 3.02. The highest BCUT2D eigenvalue weighted by atomic mass is 16.3. The third kappa shape index (κ3) is 4.06. The van der Waals surface area contributed by atoms with Crippen LogP contribution in [0.1, 0.15) is 58.8 Å². The number of aliphatic hydroxyl groups excluding tert-OH is 1. The van der Waals surface area contributed by atoms with E-state index in [4.69, 9.17) is 0 Å². The molecule has 0 radical (unpaired) electrons. The minimum Gasteiger partial charge on any atom is -0.392 e. The Bertz CT molecular complexity index is 174. The lowest BCUT2D eigenvalue weighted by Crippen LogP contribution is -2.40. The van der Waals surface area contributed by atoms with E-state index in [9.17, 15) is 5.11 Å². The average molecular weight is 227 g/mol. The summed E-state index contributed by atoms with van der Waals surface area (Å²) in [5, 5.41) is 10.2. The van der Waals surface area contributed by atoms with Crippen LogP contribution in [0.15, 0.2) is 0 Å². The quantitative estimate of drug-likeness (QED) is 0.754. The summed E-state index contributed by atoms with van der Waals surface area (Å²) in [7, 11) is 2.16. The highest BCUT2D eigenvalue weighted by molar-refractivity contribution is 4.77. The van der Waals surface area contributed by atoms with Crippen LogP contribution >= 0.6 is 0 Å². The van der Waals surface area contributed by atoms with Gasteiger partial charge in [0.05, 0.1) is 6.10 Å². The predicted octanol–water partition coefficient (Wildman–Crippen LogP) is 3.05. The molecular formula is C14H29NO. The summed E-state index contributed by atoms with van der Waals surface area (Å²) in [5.41, 5.74) is 0. The van der Waals surface area contributed by atoms with Crippen molar-refractivity contribution in [3.8, 4) is 0 Å². The Labute approximate surface area is 101 Å². The molecule has 0 aromatic heterocycles. The topological polar surface area (TPSA) is 23.5 Å². The van der Waals surface area contributed by atoms with Gasteiger partial charge in [-0.1, -0.05) is 33.1 Å².